The number of nitrogens with one attached hydrogen (secondary N) is 1. The van der Waals surface area contributed by atoms with Crippen molar-refractivity contribution in [1.82, 2.24) is 19.7 Å². The van der Waals surface area contributed by atoms with E-state index in [1.54, 1.807) is 18.2 Å². The van der Waals surface area contributed by atoms with Gasteiger partial charge in [-0.05, 0) is 29.7 Å². The Morgan fingerprint density at radius 3 is 2.61 bits per heavy atom. The highest BCUT2D eigenvalue weighted by Gasteiger charge is 2.55. The molecule has 2 aliphatic heterocycles. The largest absolute Gasteiger partial charge is 0.359 e. The van der Waals surface area contributed by atoms with E-state index in [-0.39, 0.29) is 24.0 Å². The quantitative estimate of drug-likeness (QED) is 0.649. The van der Waals surface area contributed by atoms with Crippen LogP contribution in [0.5, 0.6) is 0 Å². The van der Waals surface area contributed by atoms with E-state index >= 15 is 0 Å². The van der Waals surface area contributed by atoms with Crippen LogP contribution >= 0.6 is 0 Å². The van der Waals surface area contributed by atoms with Crippen LogP contribution in [-0.4, -0.2) is 53.4 Å². The van der Waals surface area contributed by atoms with Crippen LogP contribution in [0.4, 0.5) is 4.39 Å². The summed E-state index contributed by atoms with van der Waals surface area (Å²) < 4.78 is 43.6. The van der Waals surface area contributed by atoms with Gasteiger partial charge in [-0.3, -0.25) is 9.59 Å². The molecular formula is C22H25FN4O5S. The van der Waals surface area contributed by atoms with Gasteiger partial charge in [-0.2, -0.15) is 0 Å². The minimum Gasteiger partial charge on any atom is -0.359 e. The number of hydrogen-bond acceptors (Lipinski definition) is 7. The third kappa shape index (κ3) is 4.42. The van der Waals surface area contributed by atoms with Gasteiger partial charge < -0.3 is 14.7 Å². The molecule has 9 nitrogen and oxygen atoms in total. The highest BCUT2D eigenvalue weighted by molar-refractivity contribution is 7.89. The summed E-state index contributed by atoms with van der Waals surface area (Å²) in [6.45, 7) is 4.61. The summed E-state index contributed by atoms with van der Waals surface area (Å²) in [6.07, 6.45) is 2.59. The Labute approximate surface area is 191 Å². The summed E-state index contributed by atoms with van der Waals surface area (Å²) in [5, 5.41) is 7.01. The van der Waals surface area contributed by atoms with E-state index < -0.39 is 33.8 Å². The Morgan fingerprint density at radius 2 is 1.97 bits per heavy atom. The van der Waals surface area contributed by atoms with Crippen molar-refractivity contribution in [3.8, 4) is 0 Å². The summed E-state index contributed by atoms with van der Waals surface area (Å²) in [7, 11) is -3.80. The summed E-state index contributed by atoms with van der Waals surface area (Å²) >= 11 is 0. The molecule has 0 spiro atoms. The summed E-state index contributed by atoms with van der Waals surface area (Å²) in [5.41, 5.74) is 1.29. The lowest BCUT2D eigenvalue weighted by Crippen LogP contribution is -2.43. The lowest BCUT2D eigenvalue weighted by molar-refractivity contribution is -0.128. The maximum Gasteiger partial charge on any atom is 0.276 e. The molecule has 1 N–H and O–H groups in total. The van der Waals surface area contributed by atoms with Gasteiger partial charge in [-0.25, -0.2) is 17.1 Å². The SMILES string of the molecule is CC(C)[C@H]1C(=O)N(S(C)(=O)=O)C2=CCN(C(=O)c3cc(CNCc4ccc(F)cc4)on3)[C@@H]21. The molecule has 3 heterocycles. The van der Waals surface area contributed by atoms with Crippen molar-refractivity contribution in [3.05, 3.63) is 64.9 Å². The van der Waals surface area contributed by atoms with Crippen LogP contribution in [0.1, 0.15) is 35.7 Å². The smallest absolute Gasteiger partial charge is 0.276 e. The molecule has 33 heavy (non-hydrogen) atoms. The number of benzene rings is 1. The Balaban J connectivity index is 1.46. The Bertz CT molecular complexity index is 1210. The monoisotopic (exact) mass is 476 g/mol. The molecule has 0 radical (unpaired) electrons. The van der Waals surface area contributed by atoms with Crippen LogP contribution in [0.3, 0.4) is 0 Å². The van der Waals surface area contributed by atoms with Gasteiger partial charge in [0.2, 0.25) is 15.9 Å². The van der Waals surface area contributed by atoms with Crippen LogP contribution < -0.4 is 5.32 Å². The average molecular weight is 477 g/mol. The van der Waals surface area contributed by atoms with Gasteiger partial charge in [0.25, 0.3) is 5.91 Å². The molecule has 2 atom stereocenters. The molecule has 1 saturated heterocycles. The lowest BCUT2D eigenvalue weighted by atomic mass is 9.89. The maximum absolute atomic E-state index is 13.2. The lowest BCUT2D eigenvalue weighted by Gasteiger charge is -2.28. The molecule has 1 aromatic carbocycles. The molecule has 11 heteroatoms. The van der Waals surface area contributed by atoms with Crippen LogP contribution in [-0.2, 0) is 27.9 Å². The predicted molar refractivity (Wildman–Crippen MR) is 116 cm³/mol. The summed E-state index contributed by atoms with van der Waals surface area (Å²) in [6, 6.07) is 6.95. The van der Waals surface area contributed by atoms with E-state index in [4.69, 9.17) is 4.52 Å². The van der Waals surface area contributed by atoms with Gasteiger partial charge in [-0.15, -0.1) is 0 Å². The fourth-order valence-electron chi connectivity index (χ4n) is 4.35. The van der Waals surface area contributed by atoms with Crippen molar-refractivity contribution >= 4 is 21.8 Å². The third-order valence-corrected chi connectivity index (χ3v) is 6.88. The molecule has 0 bridgehead atoms. The van der Waals surface area contributed by atoms with Crippen molar-refractivity contribution in [2.75, 3.05) is 12.8 Å². The zero-order valence-electron chi connectivity index (χ0n) is 18.5. The molecule has 2 amide bonds. The van der Waals surface area contributed by atoms with E-state index in [2.05, 4.69) is 10.5 Å². The first-order valence-corrected chi connectivity index (χ1v) is 12.4. The van der Waals surface area contributed by atoms with Crippen LogP contribution in [0, 0.1) is 17.7 Å². The molecule has 1 aromatic heterocycles. The van der Waals surface area contributed by atoms with E-state index in [0.717, 1.165) is 16.1 Å². The van der Waals surface area contributed by atoms with Gasteiger partial charge in [0.05, 0.1) is 30.5 Å². The van der Waals surface area contributed by atoms with Gasteiger partial charge >= 0.3 is 0 Å². The molecule has 0 aliphatic carbocycles. The minimum absolute atomic E-state index is 0.0796. The van der Waals surface area contributed by atoms with Gasteiger partial charge in [0.1, 0.15) is 5.82 Å². The molecule has 176 valence electrons. The van der Waals surface area contributed by atoms with Crippen molar-refractivity contribution < 1.29 is 26.9 Å². The number of amides is 2. The molecule has 2 aromatic rings. The standard InChI is InChI=1S/C22H25FN4O5S/c1-13(2)19-20-18(27(22(19)29)33(3,30)31)8-9-26(20)21(28)17-10-16(32-25-17)12-24-11-14-4-6-15(23)7-5-14/h4-8,10,13,19-20,24H,9,11-12H2,1-3H3/t19-,20+/m1/s1. The van der Waals surface area contributed by atoms with Crippen molar-refractivity contribution in [3.63, 3.8) is 0 Å². The van der Waals surface area contributed by atoms with E-state index in [9.17, 15) is 22.4 Å². The fourth-order valence-corrected chi connectivity index (χ4v) is 5.37. The van der Waals surface area contributed by atoms with Gasteiger partial charge in [-0.1, -0.05) is 31.1 Å². The summed E-state index contributed by atoms with van der Waals surface area (Å²) in [5.74, 6) is -1.66. The van der Waals surface area contributed by atoms with Crippen LogP contribution in [0.25, 0.3) is 0 Å². The number of halogens is 1. The predicted octanol–water partition coefficient (Wildman–Crippen LogP) is 1.89. The number of aromatic nitrogens is 1. The maximum atomic E-state index is 13.2. The Kier molecular flexibility index (Phi) is 6.10. The number of rotatable bonds is 7. The highest BCUT2D eigenvalue weighted by Crippen LogP contribution is 2.41. The number of hydrogen-bond donors (Lipinski definition) is 1. The first kappa shape index (κ1) is 23.1. The Hall–Kier alpha value is -3.05. The number of carbonyl (C=O) groups is 2. The van der Waals surface area contributed by atoms with Gasteiger partial charge in [0, 0.05) is 19.2 Å². The van der Waals surface area contributed by atoms with Crippen molar-refractivity contribution in [2.45, 2.75) is 33.0 Å². The molecular weight excluding hydrogens is 451 g/mol. The molecule has 0 unspecified atom stereocenters. The second-order valence-electron chi connectivity index (χ2n) is 8.58. The second kappa shape index (κ2) is 8.71. The second-order valence-corrected chi connectivity index (χ2v) is 10.4. The fraction of sp³-hybridized carbons (Fsp3) is 0.409. The van der Waals surface area contributed by atoms with Crippen LogP contribution in [0.2, 0.25) is 0 Å². The first-order chi connectivity index (χ1) is 15.6. The van der Waals surface area contributed by atoms with E-state index in [1.807, 2.05) is 13.8 Å². The van der Waals surface area contributed by atoms with Crippen molar-refractivity contribution in [1.29, 1.82) is 0 Å². The van der Waals surface area contributed by atoms with Crippen LogP contribution in [0.15, 0.2) is 46.6 Å². The number of fused-ring (bicyclic) bond motifs is 1. The summed E-state index contributed by atoms with van der Waals surface area (Å²) in [4.78, 5) is 27.5. The molecule has 0 saturated carbocycles. The highest BCUT2D eigenvalue weighted by atomic mass is 32.2. The van der Waals surface area contributed by atoms with E-state index in [1.165, 1.54) is 23.1 Å². The zero-order chi connectivity index (χ0) is 23.9. The minimum atomic E-state index is -3.80. The molecule has 2 aliphatic rings. The van der Waals surface area contributed by atoms with Gasteiger partial charge in [0.15, 0.2) is 11.5 Å². The molecule has 1 fully saturated rings. The Morgan fingerprint density at radius 1 is 1.27 bits per heavy atom. The number of carbonyl (C=O) groups excluding carboxylic acids is 2. The van der Waals surface area contributed by atoms with E-state index in [0.29, 0.717) is 24.5 Å². The molecule has 4 rings (SSSR count). The average Bonchev–Trinajstić information content (AvgIpc) is 3.42. The normalized spacial score (nSPS) is 20.5. The number of sulfonamides is 1. The first-order valence-electron chi connectivity index (χ1n) is 10.5. The zero-order valence-corrected chi connectivity index (χ0v) is 19.3. The topological polar surface area (TPSA) is 113 Å². The number of nitrogens with zero attached hydrogens (tertiary/aromatic N) is 3. The third-order valence-electron chi connectivity index (χ3n) is 5.83. The van der Waals surface area contributed by atoms with Crippen molar-refractivity contribution in [2.24, 2.45) is 11.8 Å².